The summed E-state index contributed by atoms with van der Waals surface area (Å²) in [6.07, 6.45) is 1.18. The van der Waals surface area contributed by atoms with E-state index in [1.165, 1.54) is 13.2 Å². The number of methoxy groups -OCH3 is 1. The fourth-order valence-corrected chi connectivity index (χ4v) is 5.95. The fraction of sp³-hybridized carbons (Fsp3) is 0.514. The maximum absolute atomic E-state index is 13.6. The third-order valence-corrected chi connectivity index (χ3v) is 9.12. The van der Waals surface area contributed by atoms with E-state index in [4.69, 9.17) is 36.3 Å². The molecule has 266 valence electrons. The SMILES string of the molecule is COc1ccc(CC2NC(=O)/C=C/C[C@@H]([C@H](C)[C@H]3O[C@@H]3c3ccc(CN)cc3)OC(=O)[C@H](CC(C)C)OC(=O)C(C)(C)CNC2=O)cc1Cl. The summed E-state index contributed by atoms with van der Waals surface area (Å²) in [7, 11) is 1.50. The van der Waals surface area contributed by atoms with Crippen LogP contribution in [0.1, 0.15) is 70.3 Å². The first-order chi connectivity index (χ1) is 23.2. The summed E-state index contributed by atoms with van der Waals surface area (Å²) >= 11 is 6.32. The molecule has 0 aromatic heterocycles. The monoisotopic (exact) mass is 697 g/mol. The van der Waals surface area contributed by atoms with Crippen molar-refractivity contribution in [3.63, 3.8) is 0 Å². The van der Waals surface area contributed by atoms with Gasteiger partial charge < -0.3 is 35.3 Å². The van der Waals surface area contributed by atoms with Crippen LogP contribution < -0.4 is 21.1 Å². The van der Waals surface area contributed by atoms with Crippen molar-refractivity contribution in [3.8, 4) is 5.75 Å². The molecule has 0 bridgehead atoms. The Hall–Kier alpha value is -3.93. The van der Waals surface area contributed by atoms with Gasteiger partial charge in [0.2, 0.25) is 11.8 Å². The zero-order chi connectivity index (χ0) is 35.9. The van der Waals surface area contributed by atoms with Crippen molar-refractivity contribution in [2.45, 2.75) is 90.9 Å². The summed E-state index contributed by atoms with van der Waals surface area (Å²) in [4.78, 5) is 53.7. The lowest BCUT2D eigenvalue weighted by Gasteiger charge is -2.29. The van der Waals surface area contributed by atoms with E-state index in [-0.39, 0.29) is 49.9 Å². The summed E-state index contributed by atoms with van der Waals surface area (Å²) in [6.45, 7) is 9.33. The highest BCUT2D eigenvalue weighted by atomic mass is 35.5. The van der Waals surface area contributed by atoms with Crippen LogP contribution >= 0.6 is 11.6 Å². The molecule has 0 aliphatic carbocycles. The number of nitrogens with two attached hydrogens (primary N) is 1. The molecule has 2 aliphatic rings. The van der Waals surface area contributed by atoms with Gasteiger partial charge in [-0.3, -0.25) is 14.4 Å². The number of ether oxygens (including phenoxy) is 4. The number of carbonyl (C=O) groups is 4. The molecule has 4 N–H and O–H groups in total. The van der Waals surface area contributed by atoms with Gasteiger partial charge in [0.15, 0.2) is 6.10 Å². The highest BCUT2D eigenvalue weighted by molar-refractivity contribution is 6.32. The topological polar surface area (TPSA) is 159 Å². The van der Waals surface area contributed by atoms with Gasteiger partial charge in [0.1, 0.15) is 24.0 Å². The van der Waals surface area contributed by atoms with E-state index in [2.05, 4.69) is 10.6 Å². The molecule has 1 fully saturated rings. The molecule has 0 saturated carbocycles. The van der Waals surface area contributed by atoms with Crippen LogP contribution in [-0.4, -0.2) is 61.8 Å². The first-order valence-electron chi connectivity index (χ1n) is 16.7. The van der Waals surface area contributed by atoms with Crippen LogP contribution in [0.25, 0.3) is 0 Å². The highest BCUT2D eigenvalue weighted by Crippen LogP contribution is 2.45. The Morgan fingerprint density at radius 2 is 1.71 bits per heavy atom. The predicted octanol–water partition coefficient (Wildman–Crippen LogP) is 4.58. The Labute approximate surface area is 293 Å². The number of rotatable bonds is 9. The Kier molecular flexibility index (Phi) is 12.9. The maximum atomic E-state index is 13.6. The second kappa shape index (κ2) is 16.7. The smallest absolute Gasteiger partial charge is 0.347 e. The third-order valence-electron chi connectivity index (χ3n) is 8.82. The summed E-state index contributed by atoms with van der Waals surface area (Å²) in [5, 5.41) is 5.91. The van der Waals surface area contributed by atoms with Crippen LogP contribution in [0.2, 0.25) is 5.02 Å². The Morgan fingerprint density at radius 1 is 1.02 bits per heavy atom. The molecule has 11 nitrogen and oxygen atoms in total. The van der Waals surface area contributed by atoms with Crippen molar-refractivity contribution >= 4 is 35.4 Å². The molecule has 0 spiro atoms. The summed E-state index contributed by atoms with van der Waals surface area (Å²) < 4.78 is 23.1. The predicted molar refractivity (Wildman–Crippen MR) is 185 cm³/mol. The molecule has 2 amide bonds. The first-order valence-corrected chi connectivity index (χ1v) is 17.0. The van der Waals surface area contributed by atoms with Crippen molar-refractivity contribution in [1.82, 2.24) is 10.6 Å². The largest absolute Gasteiger partial charge is 0.495 e. The zero-order valence-corrected chi connectivity index (χ0v) is 29.8. The highest BCUT2D eigenvalue weighted by Gasteiger charge is 2.48. The van der Waals surface area contributed by atoms with E-state index in [0.717, 1.165) is 11.1 Å². The maximum Gasteiger partial charge on any atom is 0.347 e. The number of halogens is 1. The lowest BCUT2D eigenvalue weighted by Crippen LogP contribution is -2.51. The summed E-state index contributed by atoms with van der Waals surface area (Å²) in [5.41, 5.74) is 7.22. The van der Waals surface area contributed by atoms with Crippen molar-refractivity contribution < 1.29 is 38.1 Å². The Bertz CT molecular complexity index is 1530. The molecule has 6 atom stereocenters. The van der Waals surface area contributed by atoms with Crippen molar-refractivity contribution in [1.29, 1.82) is 0 Å². The van der Waals surface area contributed by atoms with Gasteiger partial charge in [0.05, 0.1) is 23.7 Å². The van der Waals surface area contributed by atoms with Gasteiger partial charge in [-0.05, 0) is 61.1 Å². The van der Waals surface area contributed by atoms with Gasteiger partial charge in [0.25, 0.3) is 0 Å². The van der Waals surface area contributed by atoms with E-state index in [1.54, 1.807) is 38.1 Å². The van der Waals surface area contributed by atoms with Crippen molar-refractivity contribution in [2.24, 2.45) is 23.0 Å². The molecule has 12 heteroatoms. The fourth-order valence-electron chi connectivity index (χ4n) is 5.67. The molecular formula is C37H48ClN3O8. The molecule has 2 aromatic carbocycles. The van der Waals surface area contributed by atoms with E-state index >= 15 is 0 Å². The minimum Gasteiger partial charge on any atom is -0.495 e. The number of esters is 2. The molecule has 2 aliphatic heterocycles. The third kappa shape index (κ3) is 10.3. The normalized spacial score (nSPS) is 26.2. The van der Waals surface area contributed by atoms with E-state index in [9.17, 15) is 19.2 Å². The molecular weight excluding hydrogens is 650 g/mol. The van der Waals surface area contributed by atoms with E-state index < -0.39 is 47.4 Å². The lowest BCUT2D eigenvalue weighted by molar-refractivity contribution is -0.179. The molecule has 0 radical (unpaired) electrons. The second-order valence-corrected chi connectivity index (χ2v) is 14.2. The average Bonchev–Trinajstić information content (AvgIpc) is 3.86. The molecule has 2 heterocycles. The van der Waals surface area contributed by atoms with Crippen LogP contribution in [0.15, 0.2) is 54.6 Å². The number of cyclic esters (lactones) is 2. The van der Waals surface area contributed by atoms with Gasteiger partial charge >= 0.3 is 11.9 Å². The lowest BCUT2D eigenvalue weighted by atomic mass is 9.92. The minimum atomic E-state index is -1.21. The standard InChI is InChI=1S/C37H48ClN3O8/c1-21(2)16-30-35(44)47-28(22(3)32-33(49-32)25-13-10-23(19-39)11-14-25)8-7-9-31(42)41-27(18-24-12-15-29(46-6)26(38)17-24)34(43)40-20-37(4,5)36(45)48-30/h7,9-15,17,21-22,27-28,30,32-33H,8,16,18-20,39H2,1-6H3,(H,40,43)(H,41,42)/b9-7+/t22-,27?,28-,30-,32+,33+/m0/s1. The molecule has 1 saturated heterocycles. The molecule has 2 aromatic rings. The van der Waals surface area contributed by atoms with Crippen LogP contribution in [-0.2, 0) is 46.4 Å². The van der Waals surface area contributed by atoms with E-state index in [1.807, 2.05) is 45.0 Å². The number of nitrogens with one attached hydrogen (secondary N) is 2. The van der Waals surface area contributed by atoms with Crippen LogP contribution in [0.4, 0.5) is 0 Å². The number of hydrogen-bond acceptors (Lipinski definition) is 9. The quantitative estimate of drug-likeness (QED) is 0.252. The second-order valence-electron chi connectivity index (χ2n) is 13.8. The van der Waals surface area contributed by atoms with Gasteiger partial charge in [-0.1, -0.05) is 68.8 Å². The van der Waals surface area contributed by atoms with Gasteiger partial charge in [-0.25, -0.2) is 4.79 Å². The first kappa shape index (κ1) is 37.9. The number of amides is 2. The number of benzene rings is 2. The van der Waals surface area contributed by atoms with Crippen LogP contribution in [0, 0.1) is 17.3 Å². The average molecular weight is 698 g/mol. The number of carbonyl (C=O) groups excluding carboxylic acids is 4. The number of hydrogen-bond donors (Lipinski definition) is 3. The zero-order valence-electron chi connectivity index (χ0n) is 29.0. The molecule has 4 rings (SSSR count). The Balaban J connectivity index is 1.60. The molecule has 49 heavy (non-hydrogen) atoms. The summed E-state index contributed by atoms with van der Waals surface area (Å²) in [5.74, 6) is -2.14. The van der Waals surface area contributed by atoms with Crippen molar-refractivity contribution in [2.75, 3.05) is 13.7 Å². The summed E-state index contributed by atoms with van der Waals surface area (Å²) in [6, 6.07) is 12.0. The van der Waals surface area contributed by atoms with E-state index in [0.29, 0.717) is 22.9 Å². The van der Waals surface area contributed by atoms with Crippen LogP contribution in [0.5, 0.6) is 5.75 Å². The van der Waals surface area contributed by atoms with Gasteiger partial charge in [-0.2, -0.15) is 0 Å². The Morgan fingerprint density at radius 3 is 2.35 bits per heavy atom. The minimum absolute atomic E-state index is 0.0121. The van der Waals surface area contributed by atoms with Gasteiger partial charge in [0, 0.05) is 31.8 Å². The molecule has 1 unspecified atom stereocenters. The van der Waals surface area contributed by atoms with Crippen LogP contribution in [0.3, 0.4) is 0 Å². The van der Waals surface area contributed by atoms with Gasteiger partial charge in [-0.15, -0.1) is 0 Å². The number of epoxide rings is 1. The van der Waals surface area contributed by atoms with Crippen molar-refractivity contribution in [3.05, 3.63) is 76.3 Å².